The second-order valence-corrected chi connectivity index (χ2v) is 37.1. The molecule has 33 nitrogen and oxygen atoms in total. The molecule has 0 spiro atoms. The van der Waals surface area contributed by atoms with E-state index in [4.69, 9.17) is 63.5 Å². The average molecular weight is 2140 g/mol. The molecule has 10 aromatic heterocycles. The summed E-state index contributed by atoms with van der Waals surface area (Å²) in [5, 5.41) is 54.6. The smallest absolute Gasteiger partial charge is 0.251 e. The van der Waals surface area contributed by atoms with Gasteiger partial charge in [0, 0.05) is 100 Å². The van der Waals surface area contributed by atoms with Crippen LogP contribution in [0.2, 0.25) is 10.0 Å². The number of H-pyrrole nitrogens is 1. The molecule has 0 aliphatic carbocycles. The lowest BCUT2D eigenvalue weighted by Gasteiger charge is -2.15. The number of carbonyl (C=O) groups excluding carboxylic acids is 1. The second-order valence-electron chi connectivity index (χ2n) is 33.7. The summed E-state index contributed by atoms with van der Waals surface area (Å²) in [6.07, 6.45) is 20.4. The number of unbranched alkanes of at least 4 members (excludes halogenated alkanes) is 1. The van der Waals surface area contributed by atoms with Crippen LogP contribution < -0.4 is 39.9 Å². The summed E-state index contributed by atoms with van der Waals surface area (Å²) < 4.78 is 48.3. The van der Waals surface area contributed by atoms with Gasteiger partial charge in [0.25, 0.3) is 5.91 Å². The molecule has 0 radical (unpaired) electrons. The number of nitrogens with zero attached hydrogens (tertiary/aromatic N) is 22. The Morgan fingerprint density at radius 1 is 0.527 bits per heavy atom. The molecule has 0 saturated carbocycles. The predicted octanol–water partition coefficient (Wildman–Crippen LogP) is 22.7. The van der Waals surface area contributed by atoms with Crippen molar-refractivity contribution in [2.75, 3.05) is 57.4 Å². The van der Waals surface area contributed by atoms with Crippen LogP contribution in [0.15, 0.2) is 308 Å². The first-order chi connectivity index (χ1) is 72.7. The van der Waals surface area contributed by atoms with E-state index in [1.165, 1.54) is 24.2 Å². The van der Waals surface area contributed by atoms with Crippen LogP contribution in [0.1, 0.15) is 142 Å². The molecule has 0 bridgehead atoms. The fraction of sp³-hybridized carbons (Fsp3) is 0.261. The minimum Gasteiger partial charge on any atom is -0.497 e. The summed E-state index contributed by atoms with van der Waals surface area (Å²) in [5.41, 5.74) is 16.7. The number of thiol groups is 2. The first-order valence-electron chi connectivity index (χ1n) is 48.3. The lowest BCUT2D eigenvalue weighted by molar-refractivity contribution is 0.0949. The minimum absolute atomic E-state index is 0.112. The Morgan fingerprint density at radius 2 is 1.15 bits per heavy atom. The molecule has 0 atom stereocenters. The summed E-state index contributed by atoms with van der Waals surface area (Å²) in [5.74, 6) is 17.6. The molecule has 18 aromatic rings. The summed E-state index contributed by atoms with van der Waals surface area (Å²) >= 11 is 27.7. The van der Waals surface area contributed by atoms with Gasteiger partial charge in [0.15, 0.2) is 33.7 Å². The number of furan rings is 1. The van der Waals surface area contributed by atoms with Crippen molar-refractivity contribution in [1.82, 2.24) is 118 Å². The third kappa shape index (κ3) is 34.3. The predicted molar refractivity (Wildman–Crippen MR) is 603 cm³/mol. The average Bonchev–Trinajstić information content (AvgIpc) is 1.66. The lowest BCUT2D eigenvalue weighted by Crippen LogP contribution is -2.25. The van der Waals surface area contributed by atoms with Crippen molar-refractivity contribution < 1.29 is 32.9 Å². The highest BCUT2D eigenvalue weighted by atomic mass is 35.5. The number of benzene rings is 8. The number of pyridine rings is 1. The van der Waals surface area contributed by atoms with Gasteiger partial charge in [-0.2, -0.15) is 16.9 Å². The summed E-state index contributed by atoms with van der Waals surface area (Å²) in [6.45, 7) is 35.1. The van der Waals surface area contributed by atoms with Crippen LogP contribution in [0.3, 0.4) is 0 Å². The van der Waals surface area contributed by atoms with E-state index in [9.17, 15) is 4.79 Å². The monoisotopic (exact) mass is 2130 g/mol. The highest BCUT2D eigenvalue weighted by Crippen LogP contribution is 2.33. The quantitative estimate of drug-likeness (QED) is 0.00911. The number of halogens is 2. The Hall–Kier alpha value is -15.4. The topological polar surface area (TPSA) is 348 Å². The molecule has 0 saturated heterocycles. The van der Waals surface area contributed by atoms with Gasteiger partial charge in [0.2, 0.25) is 0 Å². The highest BCUT2D eigenvalue weighted by Gasteiger charge is 2.20. The number of rotatable bonds is 37. The van der Waals surface area contributed by atoms with Crippen LogP contribution in [0.5, 0.6) is 28.7 Å². The molecule has 0 unspecified atom stereocenters. The maximum absolute atomic E-state index is 12.1. The molecule has 10 heterocycles. The SMILES string of the molecule is C=CCOc1c(CNn2cncc2S)cccc1OC.C=CCn1c(C)nnc1-c1cccnc1.C=CCn1c(C)nnc1CNC(=O)c1cccc(C)c1.CCCCSCCc1nnc(C)n1-c1ccccc1.COc1ccc(CNn2c(S)cnc2C)cc1.COc1cccc(Cc2n[nH]c(=S)n2Cc2ccco2)c1.COc1cccc(Cc2nnc(C)n2-c2ccc(Cl)cc2)c1.Cc1nnc(-c2ccc(Cl)cc2)n1C(C)C. The van der Waals surface area contributed by atoms with E-state index in [1.54, 1.807) is 88.7 Å². The summed E-state index contributed by atoms with van der Waals surface area (Å²) in [7, 11) is 6.61. The molecule has 782 valence electrons. The number of thioether (sulfide) groups is 1. The molecule has 0 aliphatic rings. The van der Waals surface area contributed by atoms with E-state index in [1.807, 2.05) is 271 Å². The van der Waals surface area contributed by atoms with Crippen molar-refractivity contribution in [2.45, 2.75) is 157 Å². The number of carbonyl (C=O) groups is 1. The van der Waals surface area contributed by atoms with Crippen LogP contribution in [0.25, 0.3) is 34.2 Å². The number of para-hydroxylation sites is 2. The van der Waals surface area contributed by atoms with Crippen LogP contribution in [0, 0.1) is 53.2 Å². The van der Waals surface area contributed by atoms with Crippen molar-refractivity contribution in [1.29, 1.82) is 0 Å². The van der Waals surface area contributed by atoms with Crippen molar-refractivity contribution in [2.24, 2.45) is 0 Å². The van der Waals surface area contributed by atoms with E-state index in [0.717, 1.165) is 171 Å². The molecule has 39 heteroatoms. The maximum Gasteiger partial charge on any atom is 0.251 e. The Labute approximate surface area is 905 Å². The van der Waals surface area contributed by atoms with E-state index >= 15 is 0 Å². The van der Waals surface area contributed by atoms with Crippen molar-refractivity contribution in [3.05, 3.63) is 406 Å². The molecule has 150 heavy (non-hydrogen) atoms. The van der Waals surface area contributed by atoms with E-state index in [2.05, 4.69) is 198 Å². The zero-order valence-corrected chi connectivity index (χ0v) is 91.7. The van der Waals surface area contributed by atoms with Crippen LogP contribution in [-0.4, -0.2) is 165 Å². The number of aromatic amines is 1. The number of methoxy groups -OCH3 is 4. The van der Waals surface area contributed by atoms with Gasteiger partial charge in [-0.05, 0) is 243 Å². The highest BCUT2D eigenvalue weighted by molar-refractivity contribution is 7.99. The number of aryl methyl sites for hydroxylation is 8. The second kappa shape index (κ2) is 60.2. The van der Waals surface area contributed by atoms with Gasteiger partial charge >= 0.3 is 0 Å². The number of amides is 1. The number of hydrogen-bond donors (Lipinski definition) is 6. The fourth-order valence-corrected chi connectivity index (χ4v) is 17.0. The van der Waals surface area contributed by atoms with Gasteiger partial charge in [-0.3, -0.25) is 28.6 Å². The largest absolute Gasteiger partial charge is 0.497 e. The number of allylic oxidation sites excluding steroid dienone is 2. The normalized spacial score (nSPS) is 10.5. The number of nitrogens with one attached hydrogen (secondary N) is 4. The van der Waals surface area contributed by atoms with Crippen LogP contribution in [-0.2, 0) is 58.5 Å². The van der Waals surface area contributed by atoms with Crippen molar-refractivity contribution in [3.8, 4) is 62.9 Å². The van der Waals surface area contributed by atoms with Gasteiger partial charge in [-0.15, -0.1) is 89.4 Å². The van der Waals surface area contributed by atoms with Crippen LogP contribution in [0.4, 0.5) is 0 Å². The molecule has 4 N–H and O–H groups in total. The third-order valence-corrected chi connectivity index (χ3v) is 25.1. The molecule has 8 aromatic carbocycles. The number of aromatic nitrogens is 23. The summed E-state index contributed by atoms with van der Waals surface area (Å²) in [4.78, 5) is 24.3. The molecule has 0 aliphatic heterocycles. The van der Waals surface area contributed by atoms with Crippen LogP contribution >= 0.6 is 72.4 Å². The molecular formula is C111H128Cl2N26O7S4. The Kier molecular flexibility index (Phi) is 46.1. The maximum atomic E-state index is 12.1. The van der Waals surface area contributed by atoms with Gasteiger partial charge in [-0.1, -0.05) is 146 Å². The van der Waals surface area contributed by atoms with Gasteiger partial charge in [-0.25, -0.2) is 19.3 Å². The fourth-order valence-electron chi connectivity index (χ4n) is 15.1. The van der Waals surface area contributed by atoms with Crippen molar-refractivity contribution in [3.63, 3.8) is 0 Å². The van der Waals surface area contributed by atoms with Crippen molar-refractivity contribution >= 4 is 78.3 Å². The zero-order chi connectivity index (χ0) is 107. The van der Waals surface area contributed by atoms with Gasteiger partial charge in [0.1, 0.15) is 98.4 Å². The number of imidazole rings is 2. The van der Waals surface area contributed by atoms with Gasteiger partial charge < -0.3 is 58.0 Å². The first-order valence-corrected chi connectivity index (χ1v) is 51.5. The Balaban J connectivity index is 0.000000163. The Bertz CT molecular complexity index is 7250. The van der Waals surface area contributed by atoms with E-state index in [-0.39, 0.29) is 5.91 Å². The molecule has 0 fully saturated rings. The molecular weight excluding hydrogens is 2010 g/mol. The lowest BCUT2D eigenvalue weighted by atomic mass is 10.1. The van der Waals surface area contributed by atoms with Gasteiger partial charge in [0.05, 0.1) is 73.3 Å². The first kappa shape index (κ1) is 115. The zero-order valence-electron chi connectivity index (χ0n) is 86.7. The molecule has 18 rings (SSSR count). The number of ether oxygens (including phenoxy) is 5. The third-order valence-electron chi connectivity index (χ3n) is 22.6. The Morgan fingerprint density at radius 3 is 1.76 bits per heavy atom. The van der Waals surface area contributed by atoms with E-state index < -0.39 is 0 Å². The van der Waals surface area contributed by atoms with E-state index in [0.29, 0.717) is 85.1 Å². The summed E-state index contributed by atoms with van der Waals surface area (Å²) in [6, 6.07) is 70.7. The molecule has 1 amide bonds. The standard InChI is InChI=1S/C17H16ClN3O.C15H18N4O.C15H15N3O2S.C15H21N3S.C14H17N3O2S.C12H14ClN3.C12H15N3OS.C11H12N4/c1-12-19-20-17(11-13-4-3-5-16(10-13)22-2)21(12)15-8-6-14(18)7-9-15;1-4-8-19-12(3)17-18-14(19)10-16-15(20)13-7-5-6-11(2)9-13;1-19-12-5-2-4-11(8-12)9-14-16-17-15(21)18(14)10-13-6-3-7-20-13;1-3-4-11-19-12-10-15-17-16-13(2)18(15)14-8-6-5-7-9-14;1-3-7-19-14-11(5-4-6-12(14)18-2)8-16-17-10-15-9-13(17)20;1-8(2)16-9(3)14-15-12(16)10-4-6-11(13)7-5-10;1-9-13-8-12(17)15(9)14-7-10-3-5-11(16-2)6-4-10;1-3-7-15-9(2)13-14-11(15)10-5-4-6-12-8-10/h3-10H,11H2,1-2H3;4-7,9H,1,8,10H2,2-3H3,(H,16,20);2-8H,9-10H2,1H3,(H,17,21);5-9H,3-4,10-12H2,1-2H3;3-6,9-10,16,20H,1,7-8H2,2H3;4-8H,1-3H3;3-6,8,14,17H,7H2,1-2H3;3-6,8H,1,7H2,2H3. The minimum atomic E-state index is -0.112. The number of hydrogen-bond acceptors (Lipinski definition) is 27.